The molecule has 0 aliphatic carbocycles. The molecule has 0 saturated carbocycles. The van der Waals surface area contributed by atoms with Crippen molar-refractivity contribution in [2.75, 3.05) is 7.11 Å². The largest absolute Gasteiger partial charge is 0.305 e. The maximum atomic E-state index is 5.64. The van der Waals surface area contributed by atoms with Gasteiger partial charge in [0.15, 0.2) is 0 Å². The van der Waals surface area contributed by atoms with Crippen LogP contribution in [0.1, 0.15) is 5.69 Å². The van der Waals surface area contributed by atoms with Gasteiger partial charge < -0.3 is 4.84 Å². The number of hydrogen-bond acceptors (Lipinski definition) is 3. The van der Waals surface area contributed by atoms with E-state index in [1.165, 1.54) is 0 Å². The Morgan fingerprint density at radius 2 is 2.45 bits per heavy atom. The van der Waals surface area contributed by atoms with E-state index in [0.717, 1.165) is 5.69 Å². The highest BCUT2D eigenvalue weighted by Gasteiger charge is 1.93. The molecule has 0 amide bonds. The van der Waals surface area contributed by atoms with Gasteiger partial charge in [0.05, 0.1) is 19.3 Å². The van der Waals surface area contributed by atoms with Crippen molar-refractivity contribution >= 4 is 11.6 Å². The van der Waals surface area contributed by atoms with E-state index in [4.69, 9.17) is 11.6 Å². The molecule has 0 saturated heterocycles. The second-order valence-electron chi connectivity index (χ2n) is 1.98. The molecule has 0 unspecified atom stereocenters. The summed E-state index contributed by atoms with van der Waals surface area (Å²) < 4.78 is 0. The molecule has 1 aromatic heterocycles. The summed E-state index contributed by atoms with van der Waals surface area (Å²) in [5, 5.41) is 0.500. The lowest BCUT2D eigenvalue weighted by Crippen LogP contribution is -2.11. The summed E-state index contributed by atoms with van der Waals surface area (Å²) in [6.45, 7) is 0.567. The van der Waals surface area contributed by atoms with Gasteiger partial charge in [-0.15, -0.1) is 0 Å². The third-order valence-corrected chi connectivity index (χ3v) is 1.38. The van der Waals surface area contributed by atoms with Crippen molar-refractivity contribution in [2.45, 2.75) is 6.54 Å². The molecule has 1 aromatic rings. The van der Waals surface area contributed by atoms with Gasteiger partial charge in [0.25, 0.3) is 0 Å². The molecule has 0 radical (unpaired) electrons. The Bertz CT molecular complexity index is 229. The molecule has 0 aliphatic heterocycles. The van der Waals surface area contributed by atoms with Gasteiger partial charge in [-0.1, -0.05) is 17.7 Å². The van der Waals surface area contributed by atoms with Crippen LogP contribution < -0.4 is 5.48 Å². The van der Waals surface area contributed by atoms with E-state index in [1.807, 2.05) is 12.1 Å². The van der Waals surface area contributed by atoms with E-state index in [1.54, 1.807) is 13.2 Å². The van der Waals surface area contributed by atoms with E-state index >= 15 is 0 Å². The number of aromatic nitrogens is 1. The van der Waals surface area contributed by atoms with Crippen molar-refractivity contribution in [3.63, 3.8) is 0 Å². The van der Waals surface area contributed by atoms with Gasteiger partial charge in [-0.2, -0.15) is 5.48 Å². The van der Waals surface area contributed by atoms with Crippen molar-refractivity contribution in [3.05, 3.63) is 29.0 Å². The first-order valence-electron chi connectivity index (χ1n) is 3.20. The molecule has 3 nitrogen and oxygen atoms in total. The highest BCUT2D eigenvalue weighted by molar-refractivity contribution is 6.29. The lowest BCUT2D eigenvalue weighted by molar-refractivity contribution is 0.0858. The third-order valence-electron chi connectivity index (χ3n) is 1.17. The Labute approximate surface area is 70.3 Å². The lowest BCUT2D eigenvalue weighted by Gasteiger charge is -2.00. The fourth-order valence-corrected chi connectivity index (χ4v) is 0.876. The summed E-state index contributed by atoms with van der Waals surface area (Å²) in [5.74, 6) is 0. The van der Waals surface area contributed by atoms with Crippen LogP contribution in [0.4, 0.5) is 0 Å². The summed E-state index contributed by atoms with van der Waals surface area (Å²) in [4.78, 5) is 8.69. The number of pyridine rings is 1. The zero-order valence-electron chi connectivity index (χ0n) is 6.17. The number of nitrogens with zero attached hydrogens (tertiary/aromatic N) is 1. The summed E-state index contributed by atoms with van der Waals surface area (Å²) in [7, 11) is 1.56. The Kier molecular flexibility index (Phi) is 3.29. The van der Waals surface area contributed by atoms with Crippen molar-refractivity contribution in [1.29, 1.82) is 0 Å². The maximum Gasteiger partial charge on any atom is 0.129 e. The third kappa shape index (κ3) is 2.84. The highest BCUT2D eigenvalue weighted by Crippen LogP contribution is 2.04. The fourth-order valence-electron chi connectivity index (χ4n) is 0.695. The van der Waals surface area contributed by atoms with E-state index in [0.29, 0.717) is 11.7 Å². The molecular weight excluding hydrogens is 164 g/mol. The smallest absolute Gasteiger partial charge is 0.129 e. The number of halogens is 1. The zero-order valence-corrected chi connectivity index (χ0v) is 6.93. The van der Waals surface area contributed by atoms with Crippen LogP contribution in [-0.4, -0.2) is 12.1 Å². The standard InChI is InChI=1S/C7H9ClN2O/c1-11-9-5-6-3-2-4-7(8)10-6/h2-4,9H,5H2,1H3. The minimum absolute atomic E-state index is 0.500. The summed E-state index contributed by atoms with van der Waals surface area (Å²) in [6.07, 6.45) is 0. The Morgan fingerprint density at radius 3 is 3.09 bits per heavy atom. The normalized spacial score (nSPS) is 10.0. The Hall–Kier alpha value is -0.640. The van der Waals surface area contributed by atoms with Crippen molar-refractivity contribution in [2.24, 2.45) is 0 Å². The molecule has 0 aliphatic rings. The predicted molar refractivity (Wildman–Crippen MR) is 43.1 cm³/mol. The molecular formula is C7H9ClN2O. The van der Waals surface area contributed by atoms with E-state index in [-0.39, 0.29) is 0 Å². The zero-order chi connectivity index (χ0) is 8.10. The second-order valence-corrected chi connectivity index (χ2v) is 2.36. The van der Waals surface area contributed by atoms with Gasteiger partial charge in [-0.25, -0.2) is 4.98 Å². The summed E-state index contributed by atoms with van der Waals surface area (Å²) >= 11 is 5.64. The van der Waals surface area contributed by atoms with E-state index in [9.17, 15) is 0 Å². The molecule has 0 aromatic carbocycles. The van der Waals surface area contributed by atoms with Gasteiger partial charge in [0.2, 0.25) is 0 Å². The fraction of sp³-hybridized carbons (Fsp3) is 0.286. The van der Waals surface area contributed by atoms with Crippen molar-refractivity contribution in [3.8, 4) is 0 Å². The molecule has 60 valence electrons. The first-order chi connectivity index (χ1) is 5.33. The molecule has 1 heterocycles. The molecule has 0 atom stereocenters. The van der Waals surface area contributed by atoms with Crippen LogP contribution >= 0.6 is 11.6 Å². The Morgan fingerprint density at radius 1 is 1.64 bits per heavy atom. The first-order valence-corrected chi connectivity index (χ1v) is 3.58. The Balaban J connectivity index is 2.56. The first kappa shape index (κ1) is 8.46. The van der Waals surface area contributed by atoms with E-state index in [2.05, 4.69) is 15.3 Å². The topological polar surface area (TPSA) is 34.1 Å². The van der Waals surface area contributed by atoms with Crippen molar-refractivity contribution < 1.29 is 4.84 Å². The van der Waals surface area contributed by atoms with E-state index < -0.39 is 0 Å². The van der Waals surface area contributed by atoms with Crippen LogP contribution in [-0.2, 0) is 11.4 Å². The number of hydrogen-bond donors (Lipinski definition) is 1. The number of rotatable bonds is 3. The summed E-state index contributed by atoms with van der Waals surface area (Å²) in [6, 6.07) is 5.46. The maximum absolute atomic E-state index is 5.64. The minimum atomic E-state index is 0.500. The van der Waals surface area contributed by atoms with Gasteiger partial charge >= 0.3 is 0 Å². The lowest BCUT2D eigenvalue weighted by atomic mass is 10.4. The second kappa shape index (κ2) is 4.28. The molecule has 0 bridgehead atoms. The van der Waals surface area contributed by atoms with Crippen LogP contribution in [0.15, 0.2) is 18.2 Å². The monoisotopic (exact) mass is 172 g/mol. The minimum Gasteiger partial charge on any atom is -0.305 e. The van der Waals surface area contributed by atoms with Crippen LogP contribution in [0, 0.1) is 0 Å². The molecule has 11 heavy (non-hydrogen) atoms. The van der Waals surface area contributed by atoms with Gasteiger partial charge in [-0.05, 0) is 12.1 Å². The van der Waals surface area contributed by atoms with Gasteiger partial charge in [-0.3, -0.25) is 0 Å². The van der Waals surface area contributed by atoms with Crippen LogP contribution in [0.3, 0.4) is 0 Å². The molecule has 1 N–H and O–H groups in total. The van der Waals surface area contributed by atoms with Crippen molar-refractivity contribution in [1.82, 2.24) is 10.5 Å². The number of nitrogens with one attached hydrogen (secondary N) is 1. The average molecular weight is 173 g/mol. The number of hydroxylamine groups is 1. The van der Waals surface area contributed by atoms with Gasteiger partial charge in [0, 0.05) is 0 Å². The molecule has 4 heteroatoms. The van der Waals surface area contributed by atoms with Crippen LogP contribution in [0.5, 0.6) is 0 Å². The predicted octanol–water partition coefficient (Wildman–Crippen LogP) is 1.39. The molecule has 1 rings (SSSR count). The van der Waals surface area contributed by atoms with Gasteiger partial charge in [0.1, 0.15) is 5.15 Å². The molecule has 0 spiro atoms. The SMILES string of the molecule is CONCc1cccc(Cl)n1. The average Bonchev–Trinajstić information content (AvgIpc) is 2.01. The van der Waals surface area contributed by atoms with Crippen LogP contribution in [0.2, 0.25) is 5.15 Å². The molecule has 0 fully saturated rings. The van der Waals surface area contributed by atoms with Crippen LogP contribution in [0.25, 0.3) is 0 Å². The summed E-state index contributed by atoms with van der Waals surface area (Å²) in [5.41, 5.74) is 3.53. The highest BCUT2D eigenvalue weighted by atomic mass is 35.5. The quantitative estimate of drug-likeness (QED) is 0.553.